The number of methoxy groups -OCH3 is 1. The maximum atomic E-state index is 13.9. The average molecular weight is 552 g/mol. The summed E-state index contributed by atoms with van der Waals surface area (Å²) in [6.45, 7) is 7.73. The molecule has 9 heteroatoms. The summed E-state index contributed by atoms with van der Waals surface area (Å²) in [6.07, 6.45) is 0. The van der Waals surface area contributed by atoms with Crippen molar-refractivity contribution in [2.45, 2.75) is 45.2 Å². The lowest BCUT2D eigenvalue weighted by Gasteiger charge is -2.32. The van der Waals surface area contributed by atoms with Gasteiger partial charge in [0.2, 0.25) is 11.8 Å². The summed E-state index contributed by atoms with van der Waals surface area (Å²) < 4.78 is 33.9. The molecule has 3 aromatic rings. The van der Waals surface area contributed by atoms with Crippen molar-refractivity contribution in [1.29, 1.82) is 0 Å². The molecule has 0 aromatic heterocycles. The summed E-state index contributed by atoms with van der Waals surface area (Å²) in [7, 11) is -2.63. The summed E-state index contributed by atoms with van der Waals surface area (Å²) in [6, 6.07) is 21.3. The quantitative estimate of drug-likeness (QED) is 0.360. The highest BCUT2D eigenvalue weighted by atomic mass is 32.2. The lowest BCUT2D eigenvalue weighted by molar-refractivity contribution is -0.139. The summed E-state index contributed by atoms with van der Waals surface area (Å²) in [5, 5.41) is 2.89. The summed E-state index contributed by atoms with van der Waals surface area (Å²) >= 11 is 0. The Bertz CT molecular complexity index is 1360. The Balaban J connectivity index is 1.98. The van der Waals surface area contributed by atoms with E-state index in [-0.39, 0.29) is 23.3 Å². The van der Waals surface area contributed by atoms with Crippen molar-refractivity contribution in [3.8, 4) is 5.75 Å². The van der Waals surface area contributed by atoms with Gasteiger partial charge in [-0.3, -0.25) is 13.9 Å². The molecular weight excluding hydrogens is 514 g/mol. The number of anilines is 1. The van der Waals surface area contributed by atoms with Gasteiger partial charge in [0.1, 0.15) is 18.3 Å². The fourth-order valence-electron chi connectivity index (χ4n) is 4.04. The molecule has 1 N–H and O–H groups in total. The number of para-hydroxylation sites is 1. The first-order chi connectivity index (χ1) is 18.5. The topological polar surface area (TPSA) is 96.0 Å². The van der Waals surface area contributed by atoms with Crippen molar-refractivity contribution in [3.05, 3.63) is 90.0 Å². The number of hydrogen-bond donors (Lipinski definition) is 1. The van der Waals surface area contributed by atoms with E-state index in [0.29, 0.717) is 18.0 Å². The molecule has 208 valence electrons. The van der Waals surface area contributed by atoms with Crippen LogP contribution in [0.5, 0.6) is 5.75 Å². The largest absolute Gasteiger partial charge is 0.497 e. The number of nitrogens with zero attached hydrogens (tertiary/aromatic N) is 2. The maximum absolute atomic E-state index is 13.9. The van der Waals surface area contributed by atoms with Crippen LogP contribution in [0.15, 0.2) is 83.8 Å². The smallest absolute Gasteiger partial charge is 0.264 e. The molecule has 0 fully saturated rings. The molecule has 1 atom stereocenters. The van der Waals surface area contributed by atoms with Crippen LogP contribution >= 0.6 is 0 Å². The van der Waals surface area contributed by atoms with Crippen LogP contribution in [0.1, 0.15) is 31.9 Å². The van der Waals surface area contributed by atoms with E-state index >= 15 is 0 Å². The highest BCUT2D eigenvalue weighted by molar-refractivity contribution is 7.92. The molecule has 0 bridgehead atoms. The minimum atomic E-state index is -4.12. The second kappa shape index (κ2) is 13.3. The predicted molar refractivity (Wildman–Crippen MR) is 153 cm³/mol. The van der Waals surface area contributed by atoms with E-state index in [1.54, 1.807) is 49.4 Å². The number of rotatable bonds is 12. The van der Waals surface area contributed by atoms with Gasteiger partial charge in [-0.15, -0.1) is 0 Å². The maximum Gasteiger partial charge on any atom is 0.264 e. The van der Waals surface area contributed by atoms with Crippen molar-refractivity contribution in [2.75, 3.05) is 24.5 Å². The third kappa shape index (κ3) is 7.83. The zero-order chi connectivity index (χ0) is 28.6. The molecule has 0 spiro atoms. The van der Waals surface area contributed by atoms with Gasteiger partial charge >= 0.3 is 0 Å². The van der Waals surface area contributed by atoms with Gasteiger partial charge in [0, 0.05) is 13.1 Å². The molecule has 3 rings (SSSR count). The Morgan fingerprint density at radius 3 is 2.18 bits per heavy atom. The third-order valence-electron chi connectivity index (χ3n) is 6.26. The normalized spacial score (nSPS) is 12.1. The molecule has 8 nitrogen and oxygen atoms in total. The van der Waals surface area contributed by atoms with Gasteiger partial charge in [-0.2, -0.15) is 0 Å². The molecule has 0 saturated heterocycles. The summed E-state index contributed by atoms with van der Waals surface area (Å²) in [5.74, 6) is -0.0363. The number of hydrogen-bond acceptors (Lipinski definition) is 5. The number of sulfonamides is 1. The molecule has 0 aliphatic rings. The van der Waals surface area contributed by atoms with Crippen molar-refractivity contribution in [1.82, 2.24) is 10.2 Å². The van der Waals surface area contributed by atoms with Gasteiger partial charge in [0.05, 0.1) is 17.7 Å². The highest BCUT2D eigenvalue weighted by Crippen LogP contribution is 2.26. The molecule has 0 unspecified atom stereocenters. The van der Waals surface area contributed by atoms with Crippen molar-refractivity contribution in [2.24, 2.45) is 5.92 Å². The number of carbonyl (C=O) groups excluding carboxylic acids is 2. The van der Waals surface area contributed by atoms with Crippen LogP contribution in [0, 0.1) is 12.8 Å². The molecular formula is C30H37N3O5S. The molecule has 3 aromatic carbocycles. The van der Waals surface area contributed by atoms with Crippen LogP contribution in [0.4, 0.5) is 5.69 Å². The van der Waals surface area contributed by atoms with Crippen LogP contribution in [0.3, 0.4) is 0 Å². The minimum Gasteiger partial charge on any atom is -0.497 e. The number of aryl methyl sites for hydroxylation is 1. The average Bonchev–Trinajstić information content (AvgIpc) is 2.93. The van der Waals surface area contributed by atoms with Gasteiger partial charge in [-0.1, -0.05) is 61.9 Å². The monoisotopic (exact) mass is 551 g/mol. The van der Waals surface area contributed by atoms with E-state index in [4.69, 9.17) is 4.74 Å². The zero-order valence-electron chi connectivity index (χ0n) is 23.1. The van der Waals surface area contributed by atoms with Gasteiger partial charge in [0.25, 0.3) is 10.0 Å². The van der Waals surface area contributed by atoms with Gasteiger partial charge in [-0.25, -0.2) is 8.42 Å². The van der Waals surface area contributed by atoms with Gasteiger partial charge in [-0.05, 0) is 61.7 Å². The number of nitrogens with one attached hydrogen (secondary N) is 1. The Labute approximate surface area is 231 Å². The molecule has 0 saturated carbocycles. The van der Waals surface area contributed by atoms with Crippen molar-refractivity contribution < 1.29 is 22.7 Å². The predicted octanol–water partition coefficient (Wildman–Crippen LogP) is 4.39. The summed E-state index contributed by atoms with van der Waals surface area (Å²) in [4.78, 5) is 28.4. The van der Waals surface area contributed by atoms with E-state index in [1.807, 2.05) is 45.0 Å². The molecule has 0 heterocycles. The second-order valence-electron chi connectivity index (χ2n) is 9.85. The Hall–Kier alpha value is -3.85. The number of ether oxygens (including phenoxy) is 1. The van der Waals surface area contributed by atoms with E-state index < -0.39 is 28.5 Å². The van der Waals surface area contributed by atoms with E-state index in [0.717, 1.165) is 15.4 Å². The van der Waals surface area contributed by atoms with Crippen LogP contribution in [0.25, 0.3) is 0 Å². The lowest BCUT2D eigenvalue weighted by atomic mass is 10.1. The first-order valence-electron chi connectivity index (χ1n) is 12.9. The fraction of sp³-hybridized carbons (Fsp3) is 0.333. The highest BCUT2D eigenvalue weighted by Gasteiger charge is 2.32. The van der Waals surface area contributed by atoms with Crippen molar-refractivity contribution >= 4 is 27.5 Å². The van der Waals surface area contributed by atoms with Crippen molar-refractivity contribution in [3.63, 3.8) is 0 Å². The van der Waals surface area contributed by atoms with E-state index in [1.165, 1.54) is 24.1 Å². The third-order valence-corrected chi connectivity index (χ3v) is 8.05. The number of benzene rings is 3. The summed E-state index contributed by atoms with van der Waals surface area (Å²) in [5.41, 5.74) is 2.20. The molecule has 2 amide bonds. The van der Waals surface area contributed by atoms with Gasteiger partial charge in [0.15, 0.2) is 0 Å². The number of carbonyl (C=O) groups is 2. The van der Waals surface area contributed by atoms with E-state index in [9.17, 15) is 18.0 Å². The minimum absolute atomic E-state index is 0.0212. The Kier molecular flexibility index (Phi) is 10.1. The standard InChI is InChI=1S/C30H37N3O5S/c1-22(2)19-31-30(35)24(4)32(20-25-11-9-10-23(3)18-25)29(34)21-33(26-12-7-6-8-13-26)39(36,37)28-16-14-27(38-5)15-17-28/h6-18,22,24H,19-21H2,1-5H3,(H,31,35)/t24-/m0/s1. The van der Waals surface area contributed by atoms with Crippen LogP contribution in [0.2, 0.25) is 0 Å². The van der Waals surface area contributed by atoms with E-state index in [2.05, 4.69) is 5.32 Å². The molecule has 0 radical (unpaired) electrons. The van der Waals surface area contributed by atoms with Crippen LogP contribution < -0.4 is 14.4 Å². The second-order valence-corrected chi connectivity index (χ2v) is 11.7. The van der Waals surface area contributed by atoms with Crippen LogP contribution in [-0.4, -0.2) is 51.4 Å². The van der Waals surface area contributed by atoms with Gasteiger partial charge < -0.3 is 15.0 Å². The first kappa shape index (κ1) is 29.7. The Morgan fingerprint density at radius 2 is 1.59 bits per heavy atom. The molecule has 0 aliphatic carbocycles. The lowest BCUT2D eigenvalue weighted by Crippen LogP contribution is -2.51. The zero-order valence-corrected chi connectivity index (χ0v) is 23.9. The molecule has 0 aliphatic heterocycles. The first-order valence-corrected chi connectivity index (χ1v) is 14.3. The SMILES string of the molecule is COc1ccc(S(=O)(=O)N(CC(=O)N(Cc2cccc(C)c2)[C@@H](C)C(=O)NCC(C)C)c2ccccc2)cc1. The Morgan fingerprint density at radius 1 is 0.923 bits per heavy atom. The fourth-order valence-corrected chi connectivity index (χ4v) is 5.45. The van der Waals surface area contributed by atoms with Crippen LogP contribution in [-0.2, 0) is 26.2 Å². The molecule has 39 heavy (non-hydrogen) atoms. The number of amides is 2.